The number of Topliss-reactive ketones (excluding diaryl/α,β-unsaturated/α-hetero) is 1. The predicted molar refractivity (Wildman–Crippen MR) is 77.2 cm³/mol. The quantitative estimate of drug-likeness (QED) is 0.851. The van der Waals surface area contributed by atoms with Gasteiger partial charge in [-0.3, -0.25) is 14.5 Å². The number of aliphatic hydroxyl groups is 1. The number of aliphatic imine (C=N–C) groups is 1. The molecule has 106 valence electrons. The first-order valence-electron chi connectivity index (χ1n) is 5.81. The smallest absolute Gasteiger partial charge is 0.247 e. The Kier molecular flexibility index (Phi) is 3.86. The van der Waals surface area contributed by atoms with E-state index in [1.165, 1.54) is 13.8 Å². The van der Waals surface area contributed by atoms with E-state index in [1.807, 2.05) is 0 Å². The van der Waals surface area contributed by atoms with Crippen molar-refractivity contribution in [2.24, 2.45) is 10.9 Å². The van der Waals surface area contributed by atoms with E-state index < -0.39 is 23.3 Å². The molecule has 1 aromatic rings. The Morgan fingerprint density at radius 3 is 2.45 bits per heavy atom. The molecule has 0 saturated heterocycles. The largest absolute Gasteiger partial charge is 0.368 e. The topological polar surface area (TPSA) is 70.0 Å². The fraction of sp³-hybridized carbons (Fsp3) is 0.308. The standard InChI is InChI=1S/C13H12Cl2N2O3/c1-7(18)10-12(19)17(6-16-13(10,2)20)11-8(14)4-3-5-9(11)15/h3-6,10,20H,1-2H3. The number of carbonyl (C=O) groups excluding carboxylic acids is 2. The summed E-state index contributed by atoms with van der Waals surface area (Å²) in [7, 11) is 0. The molecule has 0 aromatic heterocycles. The van der Waals surface area contributed by atoms with Gasteiger partial charge in [0.15, 0.2) is 5.72 Å². The van der Waals surface area contributed by atoms with Crippen LogP contribution < -0.4 is 4.90 Å². The summed E-state index contributed by atoms with van der Waals surface area (Å²) < 4.78 is 0. The molecule has 0 fully saturated rings. The molecule has 0 radical (unpaired) electrons. The third kappa shape index (κ3) is 2.44. The fourth-order valence-corrected chi connectivity index (χ4v) is 2.70. The number of para-hydroxylation sites is 1. The van der Waals surface area contributed by atoms with Gasteiger partial charge < -0.3 is 5.11 Å². The van der Waals surface area contributed by atoms with Gasteiger partial charge in [0.2, 0.25) is 5.91 Å². The van der Waals surface area contributed by atoms with E-state index >= 15 is 0 Å². The summed E-state index contributed by atoms with van der Waals surface area (Å²) in [4.78, 5) is 29.0. The summed E-state index contributed by atoms with van der Waals surface area (Å²) in [5.41, 5.74) is -1.53. The first-order valence-corrected chi connectivity index (χ1v) is 6.56. The fourth-order valence-electron chi connectivity index (χ4n) is 2.13. The summed E-state index contributed by atoms with van der Waals surface area (Å²) >= 11 is 12.1. The average Bonchev–Trinajstić information content (AvgIpc) is 2.30. The van der Waals surface area contributed by atoms with Crippen LogP contribution in [-0.4, -0.2) is 28.9 Å². The molecule has 20 heavy (non-hydrogen) atoms. The number of anilines is 1. The lowest BCUT2D eigenvalue weighted by Crippen LogP contribution is -2.53. The number of amides is 1. The molecule has 2 rings (SSSR count). The van der Waals surface area contributed by atoms with E-state index in [4.69, 9.17) is 23.2 Å². The molecular formula is C13H12Cl2N2O3. The first-order chi connectivity index (χ1) is 9.25. The number of carbonyl (C=O) groups is 2. The Bertz CT molecular complexity index is 593. The van der Waals surface area contributed by atoms with Gasteiger partial charge in [-0.25, -0.2) is 4.99 Å². The van der Waals surface area contributed by atoms with Gasteiger partial charge >= 0.3 is 0 Å². The highest BCUT2D eigenvalue weighted by atomic mass is 35.5. The molecule has 1 aliphatic rings. The zero-order chi connectivity index (χ0) is 15.1. The molecule has 1 aromatic carbocycles. The maximum absolute atomic E-state index is 12.4. The van der Waals surface area contributed by atoms with Gasteiger partial charge in [-0.05, 0) is 26.0 Å². The van der Waals surface area contributed by atoms with Crippen LogP contribution in [0.25, 0.3) is 0 Å². The lowest BCUT2D eigenvalue weighted by molar-refractivity contribution is -0.141. The second-order valence-electron chi connectivity index (χ2n) is 4.66. The number of rotatable bonds is 2. The van der Waals surface area contributed by atoms with Crippen molar-refractivity contribution in [3.05, 3.63) is 28.2 Å². The third-order valence-electron chi connectivity index (χ3n) is 3.05. The van der Waals surface area contributed by atoms with Crippen molar-refractivity contribution in [1.82, 2.24) is 0 Å². The minimum Gasteiger partial charge on any atom is -0.368 e. The van der Waals surface area contributed by atoms with E-state index in [0.29, 0.717) is 0 Å². The molecule has 1 aliphatic heterocycles. The highest BCUT2D eigenvalue weighted by Crippen LogP contribution is 2.36. The van der Waals surface area contributed by atoms with Crippen LogP contribution in [0.1, 0.15) is 13.8 Å². The van der Waals surface area contributed by atoms with Crippen LogP contribution in [0.15, 0.2) is 23.2 Å². The predicted octanol–water partition coefficient (Wildman–Crippen LogP) is 2.28. The Labute approximate surface area is 125 Å². The second kappa shape index (κ2) is 5.16. The van der Waals surface area contributed by atoms with E-state index in [0.717, 1.165) is 11.2 Å². The zero-order valence-electron chi connectivity index (χ0n) is 10.8. The Hall–Kier alpha value is -1.43. The third-order valence-corrected chi connectivity index (χ3v) is 3.66. The Morgan fingerprint density at radius 2 is 1.95 bits per heavy atom. The number of hydrogen-bond acceptors (Lipinski definition) is 4. The molecule has 0 spiro atoms. The normalized spacial score (nSPS) is 25.9. The van der Waals surface area contributed by atoms with E-state index in [9.17, 15) is 14.7 Å². The van der Waals surface area contributed by atoms with Gasteiger partial charge in [0, 0.05) is 0 Å². The maximum Gasteiger partial charge on any atom is 0.247 e. The minimum absolute atomic E-state index is 0.242. The van der Waals surface area contributed by atoms with Crippen LogP contribution in [0.2, 0.25) is 10.0 Å². The van der Waals surface area contributed by atoms with Gasteiger partial charge in [-0.2, -0.15) is 0 Å². The van der Waals surface area contributed by atoms with E-state index in [2.05, 4.69) is 4.99 Å². The van der Waals surface area contributed by atoms with Crippen molar-refractivity contribution in [2.75, 3.05) is 4.90 Å². The number of halogens is 2. The number of benzene rings is 1. The highest BCUT2D eigenvalue weighted by molar-refractivity contribution is 6.41. The van der Waals surface area contributed by atoms with Crippen LogP contribution in [0, 0.1) is 5.92 Å². The maximum atomic E-state index is 12.4. The first kappa shape index (κ1) is 15.0. The average molecular weight is 315 g/mol. The molecule has 2 atom stereocenters. The SMILES string of the molecule is CC(=O)C1C(=O)N(c2c(Cl)cccc2Cl)C=NC1(C)O. The molecule has 1 N–H and O–H groups in total. The molecule has 0 saturated carbocycles. The lowest BCUT2D eigenvalue weighted by atomic mass is 9.91. The molecule has 1 amide bonds. The molecule has 5 nitrogen and oxygen atoms in total. The molecule has 0 bridgehead atoms. The summed E-state index contributed by atoms with van der Waals surface area (Å²) in [5, 5.41) is 10.5. The van der Waals surface area contributed by atoms with Crippen LogP contribution >= 0.6 is 23.2 Å². The second-order valence-corrected chi connectivity index (χ2v) is 5.48. The summed E-state index contributed by atoms with van der Waals surface area (Å²) in [6.07, 6.45) is 1.13. The van der Waals surface area contributed by atoms with Crippen LogP contribution in [0.3, 0.4) is 0 Å². The van der Waals surface area contributed by atoms with Crippen molar-refractivity contribution in [1.29, 1.82) is 0 Å². The van der Waals surface area contributed by atoms with Gasteiger partial charge in [0.1, 0.15) is 11.7 Å². The molecule has 2 unspecified atom stereocenters. The van der Waals surface area contributed by atoms with Crippen LogP contribution in [0.5, 0.6) is 0 Å². The molecule has 0 aliphatic carbocycles. The molecule has 7 heteroatoms. The lowest BCUT2D eigenvalue weighted by Gasteiger charge is -2.35. The monoisotopic (exact) mass is 314 g/mol. The van der Waals surface area contributed by atoms with Crippen molar-refractivity contribution in [3.63, 3.8) is 0 Å². The van der Waals surface area contributed by atoms with Crippen molar-refractivity contribution in [3.8, 4) is 0 Å². The van der Waals surface area contributed by atoms with Gasteiger partial charge in [-0.1, -0.05) is 29.3 Å². The minimum atomic E-state index is -1.77. The van der Waals surface area contributed by atoms with Gasteiger partial charge in [0.05, 0.1) is 22.1 Å². The van der Waals surface area contributed by atoms with Crippen LogP contribution in [-0.2, 0) is 9.59 Å². The number of ketones is 1. The van der Waals surface area contributed by atoms with Gasteiger partial charge in [-0.15, -0.1) is 0 Å². The number of hydrogen-bond donors (Lipinski definition) is 1. The van der Waals surface area contributed by atoms with Crippen molar-refractivity contribution in [2.45, 2.75) is 19.6 Å². The van der Waals surface area contributed by atoms with Crippen molar-refractivity contribution < 1.29 is 14.7 Å². The highest BCUT2D eigenvalue weighted by Gasteiger charge is 2.46. The van der Waals surface area contributed by atoms with E-state index in [1.54, 1.807) is 18.2 Å². The summed E-state index contributed by atoms with van der Waals surface area (Å²) in [6, 6.07) is 4.77. The van der Waals surface area contributed by atoms with Crippen LogP contribution in [0.4, 0.5) is 5.69 Å². The molecular weight excluding hydrogens is 303 g/mol. The Balaban J connectivity index is 2.55. The molecule has 1 heterocycles. The van der Waals surface area contributed by atoms with Gasteiger partial charge in [0.25, 0.3) is 0 Å². The summed E-state index contributed by atoms with van der Waals surface area (Å²) in [5.74, 6) is -2.39. The summed E-state index contributed by atoms with van der Waals surface area (Å²) in [6.45, 7) is 2.53. The Morgan fingerprint density at radius 1 is 1.40 bits per heavy atom. The number of nitrogens with zero attached hydrogens (tertiary/aromatic N) is 2. The van der Waals surface area contributed by atoms with E-state index in [-0.39, 0.29) is 15.7 Å². The zero-order valence-corrected chi connectivity index (χ0v) is 12.3. The van der Waals surface area contributed by atoms with Crippen molar-refractivity contribution >= 4 is 46.9 Å².